The number of nitrogens with zero attached hydrogens (tertiary/aromatic N) is 1. The van der Waals surface area contributed by atoms with Crippen molar-refractivity contribution in [3.05, 3.63) is 33.9 Å². The standard InChI is InChI=1S/C18H27NO2/c1-12-9-13(2)15(4)17(14(12)3)10-16(11-18(20)21)19-7-5-6-8-19/h9,16H,5-8,10-11H2,1-4H3,(H,20,21). The molecule has 21 heavy (non-hydrogen) atoms. The minimum atomic E-state index is -0.688. The Morgan fingerprint density at radius 3 is 2.14 bits per heavy atom. The maximum Gasteiger partial charge on any atom is 0.304 e. The van der Waals surface area contributed by atoms with Gasteiger partial charge in [0, 0.05) is 6.04 Å². The lowest BCUT2D eigenvalue weighted by Crippen LogP contribution is -2.36. The molecule has 116 valence electrons. The van der Waals surface area contributed by atoms with Crippen LogP contribution in [0.4, 0.5) is 0 Å². The van der Waals surface area contributed by atoms with Gasteiger partial charge in [-0.15, -0.1) is 0 Å². The van der Waals surface area contributed by atoms with Gasteiger partial charge < -0.3 is 5.11 Å². The van der Waals surface area contributed by atoms with Gasteiger partial charge in [0.1, 0.15) is 0 Å². The largest absolute Gasteiger partial charge is 0.481 e. The third kappa shape index (κ3) is 3.65. The molecule has 1 atom stereocenters. The molecule has 1 unspecified atom stereocenters. The fraction of sp³-hybridized carbons (Fsp3) is 0.611. The molecule has 0 aliphatic carbocycles. The fourth-order valence-corrected chi connectivity index (χ4v) is 3.48. The van der Waals surface area contributed by atoms with Crippen LogP contribution in [-0.4, -0.2) is 35.1 Å². The Balaban J connectivity index is 2.29. The molecule has 1 aromatic carbocycles. The Bertz CT molecular complexity index is 504. The van der Waals surface area contributed by atoms with Crippen molar-refractivity contribution in [3.8, 4) is 0 Å². The third-order valence-corrected chi connectivity index (χ3v) is 5.03. The molecular weight excluding hydrogens is 262 g/mol. The van der Waals surface area contributed by atoms with Crippen LogP contribution in [0.3, 0.4) is 0 Å². The van der Waals surface area contributed by atoms with E-state index in [4.69, 9.17) is 0 Å². The summed E-state index contributed by atoms with van der Waals surface area (Å²) in [7, 11) is 0. The number of hydrogen-bond donors (Lipinski definition) is 1. The number of carbonyl (C=O) groups is 1. The van der Waals surface area contributed by atoms with Gasteiger partial charge >= 0.3 is 5.97 Å². The first-order valence-electron chi connectivity index (χ1n) is 7.92. The Morgan fingerprint density at radius 1 is 1.14 bits per heavy atom. The minimum absolute atomic E-state index is 0.128. The molecule has 1 N–H and O–H groups in total. The lowest BCUT2D eigenvalue weighted by atomic mass is 9.89. The highest BCUT2D eigenvalue weighted by Gasteiger charge is 2.25. The highest BCUT2D eigenvalue weighted by Crippen LogP contribution is 2.26. The molecular formula is C18H27NO2. The summed E-state index contributed by atoms with van der Waals surface area (Å²) in [6.07, 6.45) is 3.49. The minimum Gasteiger partial charge on any atom is -0.481 e. The molecule has 2 rings (SSSR count). The van der Waals surface area contributed by atoms with Gasteiger partial charge in [-0.3, -0.25) is 9.69 Å². The summed E-state index contributed by atoms with van der Waals surface area (Å²) in [5, 5.41) is 9.24. The summed E-state index contributed by atoms with van der Waals surface area (Å²) in [5.74, 6) is -0.688. The van der Waals surface area contributed by atoms with Crippen LogP contribution in [0.2, 0.25) is 0 Å². The molecule has 0 radical (unpaired) electrons. The van der Waals surface area contributed by atoms with Crippen LogP contribution >= 0.6 is 0 Å². The van der Waals surface area contributed by atoms with Crippen molar-refractivity contribution in [1.29, 1.82) is 0 Å². The number of carboxylic acids is 1. The lowest BCUT2D eigenvalue weighted by molar-refractivity contribution is -0.138. The highest BCUT2D eigenvalue weighted by atomic mass is 16.4. The van der Waals surface area contributed by atoms with Crippen molar-refractivity contribution in [3.63, 3.8) is 0 Å². The number of carboxylic acid groups (broad SMARTS) is 1. The van der Waals surface area contributed by atoms with Gasteiger partial charge in [0.05, 0.1) is 6.42 Å². The summed E-state index contributed by atoms with van der Waals surface area (Å²) in [6, 6.07) is 2.36. The van der Waals surface area contributed by atoms with Gasteiger partial charge in [0.15, 0.2) is 0 Å². The monoisotopic (exact) mass is 289 g/mol. The molecule has 0 bridgehead atoms. The molecule has 1 aromatic rings. The fourth-order valence-electron chi connectivity index (χ4n) is 3.48. The van der Waals surface area contributed by atoms with Crippen LogP contribution in [0.15, 0.2) is 6.07 Å². The summed E-state index contributed by atoms with van der Waals surface area (Å²) >= 11 is 0. The summed E-state index contributed by atoms with van der Waals surface area (Å²) in [5.41, 5.74) is 6.62. The van der Waals surface area contributed by atoms with E-state index in [9.17, 15) is 9.90 Å². The third-order valence-electron chi connectivity index (χ3n) is 5.03. The quantitative estimate of drug-likeness (QED) is 0.903. The van der Waals surface area contributed by atoms with Gasteiger partial charge in [0.25, 0.3) is 0 Å². The predicted molar refractivity (Wildman–Crippen MR) is 85.9 cm³/mol. The predicted octanol–water partition coefficient (Wildman–Crippen LogP) is 3.40. The van der Waals surface area contributed by atoms with Crippen LogP contribution in [0.1, 0.15) is 47.1 Å². The van der Waals surface area contributed by atoms with E-state index in [1.54, 1.807) is 0 Å². The Kier molecular flexibility index (Phi) is 5.04. The Labute approximate surface area is 128 Å². The van der Waals surface area contributed by atoms with Crippen molar-refractivity contribution >= 4 is 5.97 Å². The maximum atomic E-state index is 11.2. The SMILES string of the molecule is Cc1cc(C)c(C)c(CC(CC(=O)O)N2CCCC2)c1C. The van der Waals surface area contributed by atoms with Crippen molar-refractivity contribution in [2.24, 2.45) is 0 Å². The van der Waals surface area contributed by atoms with E-state index in [0.717, 1.165) is 19.5 Å². The first-order valence-corrected chi connectivity index (χ1v) is 7.92. The van der Waals surface area contributed by atoms with E-state index >= 15 is 0 Å². The van der Waals surface area contributed by atoms with E-state index < -0.39 is 5.97 Å². The molecule has 0 spiro atoms. The number of hydrogen-bond acceptors (Lipinski definition) is 2. The normalized spacial score (nSPS) is 17.1. The number of benzene rings is 1. The van der Waals surface area contributed by atoms with Crippen molar-refractivity contribution in [2.75, 3.05) is 13.1 Å². The van der Waals surface area contributed by atoms with Gasteiger partial charge in [0.2, 0.25) is 0 Å². The molecule has 1 fully saturated rings. The first kappa shape index (κ1) is 16.0. The molecule has 0 aromatic heterocycles. The number of aliphatic carboxylic acids is 1. The van der Waals surface area contributed by atoms with Crippen molar-refractivity contribution in [2.45, 2.75) is 59.4 Å². The zero-order chi connectivity index (χ0) is 15.6. The number of likely N-dealkylation sites (tertiary alicyclic amines) is 1. The summed E-state index contributed by atoms with van der Waals surface area (Å²) in [4.78, 5) is 13.6. The molecule has 0 amide bonds. The molecule has 3 heteroatoms. The smallest absolute Gasteiger partial charge is 0.304 e. The zero-order valence-electron chi connectivity index (χ0n) is 13.7. The van der Waals surface area contributed by atoms with E-state index in [2.05, 4.69) is 38.7 Å². The molecule has 1 saturated heterocycles. The van der Waals surface area contributed by atoms with Gasteiger partial charge in [-0.05, 0) is 87.9 Å². The van der Waals surface area contributed by atoms with E-state index in [0.29, 0.717) is 0 Å². The van der Waals surface area contributed by atoms with Crippen LogP contribution in [0.25, 0.3) is 0 Å². The van der Waals surface area contributed by atoms with Crippen molar-refractivity contribution < 1.29 is 9.90 Å². The molecule has 3 nitrogen and oxygen atoms in total. The average molecular weight is 289 g/mol. The van der Waals surface area contributed by atoms with Crippen LogP contribution in [0.5, 0.6) is 0 Å². The second-order valence-corrected chi connectivity index (χ2v) is 6.44. The van der Waals surface area contributed by atoms with Gasteiger partial charge in [-0.2, -0.15) is 0 Å². The van der Waals surface area contributed by atoms with Crippen LogP contribution < -0.4 is 0 Å². The van der Waals surface area contributed by atoms with Gasteiger partial charge in [-0.25, -0.2) is 0 Å². The lowest BCUT2D eigenvalue weighted by Gasteiger charge is -2.28. The van der Waals surface area contributed by atoms with E-state index in [-0.39, 0.29) is 12.5 Å². The molecule has 1 aliphatic rings. The van der Waals surface area contributed by atoms with Crippen LogP contribution in [0, 0.1) is 27.7 Å². The second kappa shape index (κ2) is 6.61. The zero-order valence-corrected chi connectivity index (χ0v) is 13.7. The van der Waals surface area contributed by atoms with Gasteiger partial charge in [-0.1, -0.05) is 6.07 Å². The Hall–Kier alpha value is -1.35. The number of rotatable bonds is 5. The number of aryl methyl sites for hydroxylation is 2. The molecule has 1 aliphatic heterocycles. The molecule has 0 saturated carbocycles. The summed E-state index contributed by atoms with van der Waals surface area (Å²) < 4.78 is 0. The second-order valence-electron chi connectivity index (χ2n) is 6.44. The maximum absolute atomic E-state index is 11.2. The Morgan fingerprint density at radius 2 is 1.67 bits per heavy atom. The topological polar surface area (TPSA) is 40.5 Å². The van der Waals surface area contributed by atoms with E-state index in [1.165, 1.54) is 40.7 Å². The van der Waals surface area contributed by atoms with E-state index in [1.807, 2.05) is 0 Å². The first-order chi connectivity index (χ1) is 9.90. The van der Waals surface area contributed by atoms with Crippen LogP contribution in [-0.2, 0) is 11.2 Å². The molecule has 1 heterocycles. The highest BCUT2D eigenvalue weighted by molar-refractivity contribution is 5.67. The van der Waals surface area contributed by atoms with Crippen molar-refractivity contribution in [1.82, 2.24) is 4.90 Å². The average Bonchev–Trinajstić information content (AvgIpc) is 2.93. The summed E-state index contributed by atoms with van der Waals surface area (Å²) in [6.45, 7) is 10.7.